The summed E-state index contributed by atoms with van der Waals surface area (Å²) in [7, 11) is 0. The molecular formula is C17H32N4OS. The normalized spacial score (nSPS) is 34.6. The van der Waals surface area contributed by atoms with Crippen LogP contribution in [0, 0.1) is 11.8 Å². The Balaban J connectivity index is 1.44. The highest BCUT2D eigenvalue weighted by atomic mass is 32.2. The lowest BCUT2D eigenvalue weighted by atomic mass is 9.75. The number of carbonyl (C=O) groups excluding carboxylic acids is 1. The Morgan fingerprint density at radius 1 is 1.26 bits per heavy atom. The average molecular weight is 341 g/mol. The van der Waals surface area contributed by atoms with Crippen molar-refractivity contribution in [1.29, 1.82) is 0 Å². The zero-order valence-corrected chi connectivity index (χ0v) is 15.4. The van der Waals surface area contributed by atoms with Crippen molar-refractivity contribution in [2.24, 2.45) is 11.8 Å². The van der Waals surface area contributed by atoms with Gasteiger partial charge in [-0.1, -0.05) is 0 Å². The van der Waals surface area contributed by atoms with Crippen LogP contribution in [0.3, 0.4) is 0 Å². The van der Waals surface area contributed by atoms with Crippen LogP contribution in [0.15, 0.2) is 0 Å². The number of carbonyl (C=O) groups is 1. The number of hydrogen-bond donors (Lipinski definition) is 2. The van der Waals surface area contributed by atoms with Crippen LogP contribution in [0.5, 0.6) is 0 Å². The molecule has 4 fully saturated rings. The highest BCUT2D eigenvalue weighted by Crippen LogP contribution is 2.36. The SMILES string of the molecule is CC(C)NC(=O)NCC1CC2CCN1CC2CN1CCSCC1. The van der Waals surface area contributed by atoms with Crippen LogP contribution >= 0.6 is 11.8 Å². The third-order valence-corrected chi connectivity index (χ3v) is 6.47. The number of rotatable bonds is 5. The number of fused-ring (bicyclic) bond motifs is 3. The summed E-state index contributed by atoms with van der Waals surface area (Å²) in [4.78, 5) is 17.1. The van der Waals surface area contributed by atoms with Crippen molar-refractivity contribution in [2.45, 2.75) is 38.8 Å². The Morgan fingerprint density at radius 3 is 2.70 bits per heavy atom. The number of nitrogens with one attached hydrogen (secondary N) is 2. The fraction of sp³-hybridized carbons (Fsp3) is 0.941. The van der Waals surface area contributed by atoms with Gasteiger partial charge in [-0.3, -0.25) is 4.90 Å². The molecule has 4 atom stereocenters. The van der Waals surface area contributed by atoms with Crippen molar-refractivity contribution in [2.75, 3.05) is 50.8 Å². The fourth-order valence-electron chi connectivity index (χ4n) is 4.31. The molecule has 6 heteroatoms. The molecule has 4 heterocycles. The largest absolute Gasteiger partial charge is 0.337 e. The lowest BCUT2D eigenvalue weighted by molar-refractivity contribution is -0.00993. The molecule has 23 heavy (non-hydrogen) atoms. The highest BCUT2D eigenvalue weighted by molar-refractivity contribution is 7.99. The van der Waals surface area contributed by atoms with Crippen molar-refractivity contribution in [1.82, 2.24) is 20.4 Å². The summed E-state index contributed by atoms with van der Waals surface area (Å²) in [5.74, 6) is 4.30. The Labute approximate surface area is 144 Å². The quantitative estimate of drug-likeness (QED) is 0.795. The summed E-state index contributed by atoms with van der Waals surface area (Å²) in [6.07, 6.45) is 2.61. The predicted octanol–water partition coefficient (Wildman–Crippen LogP) is 1.45. The van der Waals surface area contributed by atoms with Gasteiger partial charge in [0, 0.05) is 56.3 Å². The van der Waals surface area contributed by atoms with E-state index in [0.717, 1.165) is 18.4 Å². The third-order valence-electron chi connectivity index (χ3n) is 5.53. The number of thioether (sulfide) groups is 1. The maximum atomic E-state index is 11.8. The topological polar surface area (TPSA) is 47.6 Å². The Morgan fingerprint density at radius 2 is 2.04 bits per heavy atom. The molecule has 4 saturated heterocycles. The smallest absolute Gasteiger partial charge is 0.315 e. The molecular weight excluding hydrogens is 308 g/mol. The van der Waals surface area contributed by atoms with Gasteiger partial charge in [-0.05, 0) is 45.1 Å². The molecule has 0 radical (unpaired) electrons. The molecule has 2 N–H and O–H groups in total. The number of urea groups is 1. The molecule has 0 spiro atoms. The first-order valence-electron chi connectivity index (χ1n) is 9.20. The summed E-state index contributed by atoms with van der Waals surface area (Å²) < 4.78 is 0. The van der Waals surface area contributed by atoms with E-state index in [-0.39, 0.29) is 12.1 Å². The third kappa shape index (κ3) is 4.77. The van der Waals surface area contributed by atoms with Crippen molar-refractivity contribution >= 4 is 17.8 Å². The molecule has 2 bridgehead atoms. The van der Waals surface area contributed by atoms with E-state index in [2.05, 4.69) is 32.2 Å². The zero-order valence-electron chi connectivity index (χ0n) is 14.6. The standard InChI is InChI=1S/C17H32N4OS/c1-13(2)19-17(22)18-10-16-9-14-3-4-21(16)12-15(14)11-20-5-7-23-8-6-20/h13-16H,3-12H2,1-2H3,(H2,18,19,22). The average Bonchev–Trinajstić information content (AvgIpc) is 2.54. The highest BCUT2D eigenvalue weighted by Gasteiger charge is 2.40. The van der Waals surface area contributed by atoms with Gasteiger partial charge in [0.25, 0.3) is 0 Å². The number of nitrogens with zero attached hydrogens (tertiary/aromatic N) is 2. The zero-order chi connectivity index (χ0) is 16.2. The van der Waals surface area contributed by atoms with Gasteiger partial charge in [0.2, 0.25) is 0 Å². The van der Waals surface area contributed by atoms with Crippen LogP contribution in [-0.2, 0) is 0 Å². The molecule has 132 valence electrons. The van der Waals surface area contributed by atoms with E-state index in [1.165, 1.54) is 57.1 Å². The van der Waals surface area contributed by atoms with Gasteiger partial charge in [-0.25, -0.2) is 4.79 Å². The molecule has 0 aromatic carbocycles. The van der Waals surface area contributed by atoms with Crippen molar-refractivity contribution in [3.63, 3.8) is 0 Å². The Kier molecular flexibility index (Phi) is 6.10. The van der Waals surface area contributed by atoms with E-state index >= 15 is 0 Å². The molecule has 0 saturated carbocycles. The number of piperidine rings is 3. The first-order chi connectivity index (χ1) is 11.1. The molecule has 4 aliphatic rings. The second-order valence-corrected chi connectivity index (χ2v) is 8.84. The van der Waals surface area contributed by atoms with Crippen LogP contribution in [0.2, 0.25) is 0 Å². The minimum Gasteiger partial charge on any atom is -0.337 e. The van der Waals surface area contributed by atoms with Gasteiger partial charge in [0.05, 0.1) is 0 Å². The summed E-state index contributed by atoms with van der Waals surface area (Å²) >= 11 is 2.09. The van der Waals surface area contributed by atoms with Crippen molar-refractivity contribution in [3.05, 3.63) is 0 Å². The van der Waals surface area contributed by atoms with Crippen LogP contribution in [0.4, 0.5) is 4.79 Å². The fourth-order valence-corrected chi connectivity index (χ4v) is 5.29. The molecule has 4 aliphatic heterocycles. The maximum Gasteiger partial charge on any atom is 0.315 e. The first-order valence-corrected chi connectivity index (χ1v) is 10.4. The van der Waals surface area contributed by atoms with Crippen molar-refractivity contribution in [3.8, 4) is 0 Å². The minimum atomic E-state index is -0.0231. The van der Waals surface area contributed by atoms with E-state index in [1.54, 1.807) is 0 Å². The number of hydrogen-bond acceptors (Lipinski definition) is 4. The Bertz CT molecular complexity index is 400. The van der Waals surface area contributed by atoms with Gasteiger partial charge in [-0.2, -0.15) is 11.8 Å². The Hall–Kier alpha value is -0.460. The molecule has 4 unspecified atom stereocenters. The summed E-state index contributed by atoms with van der Waals surface area (Å²) in [5.41, 5.74) is 0. The van der Waals surface area contributed by atoms with Gasteiger partial charge in [0.1, 0.15) is 0 Å². The van der Waals surface area contributed by atoms with Crippen molar-refractivity contribution < 1.29 is 4.79 Å². The van der Waals surface area contributed by atoms with Crippen LogP contribution in [0.25, 0.3) is 0 Å². The molecule has 0 aromatic rings. The number of amides is 2. The second kappa shape index (κ2) is 8.08. The van der Waals surface area contributed by atoms with Crippen LogP contribution in [-0.4, -0.2) is 78.7 Å². The molecule has 2 amide bonds. The lowest BCUT2D eigenvalue weighted by Gasteiger charge is -2.51. The van der Waals surface area contributed by atoms with E-state index in [0.29, 0.717) is 6.04 Å². The maximum absolute atomic E-state index is 11.8. The van der Waals surface area contributed by atoms with Crippen LogP contribution < -0.4 is 10.6 Å². The van der Waals surface area contributed by atoms with Gasteiger partial charge in [0.15, 0.2) is 0 Å². The van der Waals surface area contributed by atoms with Gasteiger partial charge >= 0.3 is 6.03 Å². The second-order valence-electron chi connectivity index (χ2n) is 7.62. The van der Waals surface area contributed by atoms with Gasteiger partial charge in [-0.15, -0.1) is 0 Å². The van der Waals surface area contributed by atoms with Crippen LogP contribution in [0.1, 0.15) is 26.7 Å². The minimum absolute atomic E-state index is 0.0231. The molecule has 4 rings (SSSR count). The molecule has 0 aromatic heterocycles. The molecule has 5 nitrogen and oxygen atoms in total. The summed E-state index contributed by atoms with van der Waals surface area (Å²) in [5, 5.41) is 5.97. The summed E-state index contributed by atoms with van der Waals surface area (Å²) in [6, 6.07) is 0.718. The van der Waals surface area contributed by atoms with Gasteiger partial charge < -0.3 is 15.5 Å². The predicted molar refractivity (Wildman–Crippen MR) is 97.0 cm³/mol. The molecule has 0 aliphatic carbocycles. The van der Waals surface area contributed by atoms with E-state index < -0.39 is 0 Å². The van der Waals surface area contributed by atoms with E-state index in [1.807, 2.05) is 13.8 Å². The summed E-state index contributed by atoms with van der Waals surface area (Å²) in [6.45, 7) is 11.1. The van der Waals surface area contributed by atoms with E-state index in [4.69, 9.17) is 0 Å². The lowest BCUT2D eigenvalue weighted by Crippen LogP contribution is -2.59. The van der Waals surface area contributed by atoms with E-state index in [9.17, 15) is 4.79 Å². The first kappa shape index (κ1) is 17.4. The monoisotopic (exact) mass is 340 g/mol.